The lowest BCUT2D eigenvalue weighted by Crippen LogP contribution is -2.48. The van der Waals surface area contributed by atoms with Crippen molar-refractivity contribution in [3.63, 3.8) is 0 Å². The molecular formula is C16H20BrN5O. The number of carbonyl (C=O) groups is 1. The first-order chi connectivity index (χ1) is 11.0. The minimum absolute atomic E-state index is 0.0597. The fourth-order valence-electron chi connectivity index (χ4n) is 3.14. The Morgan fingerprint density at radius 3 is 2.52 bits per heavy atom. The molecule has 6 nitrogen and oxygen atoms in total. The van der Waals surface area contributed by atoms with E-state index in [9.17, 15) is 4.79 Å². The van der Waals surface area contributed by atoms with Gasteiger partial charge in [0.1, 0.15) is 6.54 Å². The predicted octanol–water partition coefficient (Wildman–Crippen LogP) is 2.89. The molecular weight excluding hydrogens is 358 g/mol. The molecule has 0 unspecified atom stereocenters. The number of nitrogens with zero attached hydrogens (tertiary/aromatic N) is 5. The third-order valence-corrected chi connectivity index (χ3v) is 4.84. The van der Waals surface area contributed by atoms with Gasteiger partial charge < -0.3 is 4.90 Å². The van der Waals surface area contributed by atoms with Gasteiger partial charge in [0.15, 0.2) is 0 Å². The zero-order valence-corrected chi connectivity index (χ0v) is 14.9. The Bertz CT molecular complexity index is 674. The fourth-order valence-corrected chi connectivity index (χ4v) is 3.40. The Labute approximate surface area is 144 Å². The molecule has 0 saturated carbocycles. The van der Waals surface area contributed by atoms with Crippen molar-refractivity contribution < 1.29 is 4.79 Å². The molecule has 0 aliphatic carbocycles. The first-order valence-corrected chi connectivity index (χ1v) is 8.69. The molecule has 23 heavy (non-hydrogen) atoms. The fraction of sp³-hybridized carbons (Fsp3) is 0.500. The Balaban J connectivity index is 1.71. The Morgan fingerprint density at radius 2 is 1.87 bits per heavy atom. The summed E-state index contributed by atoms with van der Waals surface area (Å²) < 4.78 is 0.997. The van der Waals surface area contributed by atoms with Gasteiger partial charge in [-0.25, -0.2) is 0 Å². The van der Waals surface area contributed by atoms with Gasteiger partial charge in [0, 0.05) is 22.1 Å². The number of aromatic nitrogens is 4. The average molecular weight is 378 g/mol. The molecule has 2 aromatic rings. The summed E-state index contributed by atoms with van der Waals surface area (Å²) in [6.45, 7) is 4.35. The average Bonchev–Trinajstić information content (AvgIpc) is 2.96. The van der Waals surface area contributed by atoms with E-state index in [0.29, 0.717) is 5.82 Å². The van der Waals surface area contributed by atoms with Crippen molar-refractivity contribution in [2.75, 3.05) is 0 Å². The number of piperidine rings is 1. The van der Waals surface area contributed by atoms with Crippen LogP contribution in [0.5, 0.6) is 0 Å². The lowest BCUT2D eigenvalue weighted by atomic mass is 9.97. The van der Waals surface area contributed by atoms with Crippen LogP contribution < -0.4 is 0 Å². The van der Waals surface area contributed by atoms with Crippen LogP contribution in [0.4, 0.5) is 0 Å². The van der Waals surface area contributed by atoms with Crippen LogP contribution in [-0.2, 0) is 11.3 Å². The standard InChI is InChI=1S/C16H20BrN5O/c1-11-4-3-5-12(2)22(11)15(23)10-21-19-16(18-20-21)13-6-8-14(17)9-7-13/h6-9,11-12H,3-5,10H2,1-2H3/t11-,12-/m0/s1. The molecule has 0 spiro atoms. The maximum atomic E-state index is 12.6. The summed E-state index contributed by atoms with van der Waals surface area (Å²) in [5, 5.41) is 12.4. The van der Waals surface area contributed by atoms with Crippen molar-refractivity contribution in [3.8, 4) is 11.4 Å². The molecule has 0 bridgehead atoms. The maximum absolute atomic E-state index is 12.6. The third kappa shape index (κ3) is 3.60. The summed E-state index contributed by atoms with van der Waals surface area (Å²) in [6, 6.07) is 8.25. The Hall–Kier alpha value is -1.76. The number of rotatable bonds is 3. The van der Waals surface area contributed by atoms with Crippen molar-refractivity contribution in [2.24, 2.45) is 0 Å². The molecule has 1 aromatic heterocycles. The topological polar surface area (TPSA) is 63.9 Å². The molecule has 1 amide bonds. The molecule has 0 N–H and O–H groups in total. The number of hydrogen-bond acceptors (Lipinski definition) is 4. The van der Waals surface area contributed by atoms with E-state index in [1.54, 1.807) is 0 Å². The molecule has 0 radical (unpaired) electrons. The normalized spacial score (nSPS) is 21.4. The van der Waals surface area contributed by atoms with E-state index in [2.05, 4.69) is 45.2 Å². The van der Waals surface area contributed by atoms with Crippen LogP contribution in [0.3, 0.4) is 0 Å². The summed E-state index contributed by atoms with van der Waals surface area (Å²) in [5.41, 5.74) is 0.881. The number of likely N-dealkylation sites (tertiary alicyclic amines) is 1. The van der Waals surface area contributed by atoms with Gasteiger partial charge in [-0.1, -0.05) is 15.9 Å². The summed E-state index contributed by atoms with van der Waals surface area (Å²) >= 11 is 3.40. The molecule has 2 atom stereocenters. The second kappa shape index (κ2) is 6.78. The van der Waals surface area contributed by atoms with Crippen molar-refractivity contribution in [1.82, 2.24) is 25.1 Å². The SMILES string of the molecule is C[C@H]1CCC[C@H](C)N1C(=O)Cn1nnc(-c2ccc(Br)cc2)n1. The Morgan fingerprint density at radius 1 is 1.22 bits per heavy atom. The van der Waals surface area contributed by atoms with Gasteiger partial charge in [0.2, 0.25) is 11.7 Å². The molecule has 1 saturated heterocycles. The summed E-state index contributed by atoms with van der Waals surface area (Å²) in [4.78, 5) is 15.9. The van der Waals surface area contributed by atoms with E-state index < -0.39 is 0 Å². The van der Waals surface area contributed by atoms with Crippen LogP contribution in [0.25, 0.3) is 11.4 Å². The van der Waals surface area contributed by atoms with E-state index >= 15 is 0 Å². The van der Waals surface area contributed by atoms with Crippen molar-refractivity contribution in [3.05, 3.63) is 28.7 Å². The highest BCUT2D eigenvalue weighted by molar-refractivity contribution is 9.10. The van der Waals surface area contributed by atoms with E-state index in [1.807, 2.05) is 29.2 Å². The van der Waals surface area contributed by atoms with Gasteiger partial charge in [-0.3, -0.25) is 4.79 Å². The molecule has 1 aliphatic heterocycles. The van der Waals surface area contributed by atoms with Crippen molar-refractivity contribution in [2.45, 2.75) is 51.7 Å². The summed E-state index contributed by atoms with van der Waals surface area (Å²) in [5.74, 6) is 0.592. The second-order valence-electron chi connectivity index (χ2n) is 6.08. The summed E-state index contributed by atoms with van der Waals surface area (Å²) in [6.07, 6.45) is 3.30. The molecule has 1 aromatic carbocycles. The predicted molar refractivity (Wildman–Crippen MR) is 90.6 cm³/mol. The van der Waals surface area contributed by atoms with Crippen molar-refractivity contribution in [1.29, 1.82) is 0 Å². The molecule has 1 aliphatic rings. The van der Waals surface area contributed by atoms with Gasteiger partial charge in [0.25, 0.3) is 0 Å². The molecule has 2 heterocycles. The largest absolute Gasteiger partial charge is 0.336 e. The zero-order valence-electron chi connectivity index (χ0n) is 13.3. The monoisotopic (exact) mass is 377 g/mol. The van der Waals surface area contributed by atoms with Gasteiger partial charge in [-0.15, -0.1) is 10.2 Å². The highest BCUT2D eigenvalue weighted by Crippen LogP contribution is 2.23. The van der Waals surface area contributed by atoms with E-state index in [0.717, 1.165) is 22.9 Å². The van der Waals surface area contributed by atoms with Crippen LogP contribution in [-0.4, -0.2) is 43.1 Å². The van der Waals surface area contributed by atoms with Gasteiger partial charge in [0.05, 0.1) is 0 Å². The van der Waals surface area contributed by atoms with Gasteiger partial charge >= 0.3 is 0 Å². The quantitative estimate of drug-likeness (QED) is 0.824. The minimum atomic E-state index is 0.0597. The number of amides is 1. The molecule has 1 fully saturated rings. The highest BCUT2D eigenvalue weighted by atomic mass is 79.9. The van der Waals surface area contributed by atoms with Crippen LogP contribution in [0, 0.1) is 0 Å². The lowest BCUT2D eigenvalue weighted by molar-refractivity contribution is -0.138. The number of hydrogen-bond donors (Lipinski definition) is 0. The number of benzene rings is 1. The molecule has 122 valence electrons. The molecule has 7 heteroatoms. The second-order valence-corrected chi connectivity index (χ2v) is 7.00. The first kappa shape index (κ1) is 16.1. The van der Waals surface area contributed by atoms with Crippen LogP contribution in [0.2, 0.25) is 0 Å². The molecule has 3 rings (SSSR count). The highest BCUT2D eigenvalue weighted by Gasteiger charge is 2.29. The van der Waals surface area contributed by atoms with Gasteiger partial charge in [-0.2, -0.15) is 4.80 Å². The van der Waals surface area contributed by atoms with Crippen LogP contribution >= 0.6 is 15.9 Å². The van der Waals surface area contributed by atoms with E-state index in [-0.39, 0.29) is 24.5 Å². The minimum Gasteiger partial charge on any atom is -0.336 e. The maximum Gasteiger partial charge on any atom is 0.246 e. The van der Waals surface area contributed by atoms with E-state index in [1.165, 1.54) is 11.2 Å². The van der Waals surface area contributed by atoms with Gasteiger partial charge in [-0.05, 0) is 62.6 Å². The van der Waals surface area contributed by atoms with Crippen LogP contribution in [0.15, 0.2) is 28.7 Å². The smallest absolute Gasteiger partial charge is 0.246 e. The number of halogens is 1. The number of carbonyl (C=O) groups excluding carboxylic acids is 1. The zero-order chi connectivity index (χ0) is 16.4. The van der Waals surface area contributed by atoms with E-state index in [4.69, 9.17) is 0 Å². The Kier molecular flexibility index (Phi) is 4.75. The summed E-state index contributed by atoms with van der Waals surface area (Å²) in [7, 11) is 0. The first-order valence-electron chi connectivity index (χ1n) is 7.89. The number of tetrazole rings is 1. The lowest BCUT2D eigenvalue weighted by Gasteiger charge is -2.38. The van der Waals surface area contributed by atoms with Crippen molar-refractivity contribution >= 4 is 21.8 Å². The third-order valence-electron chi connectivity index (χ3n) is 4.31. The van der Waals surface area contributed by atoms with Crippen LogP contribution in [0.1, 0.15) is 33.1 Å².